The van der Waals surface area contributed by atoms with E-state index in [0.717, 1.165) is 28.4 Å². The second kappa shape index (κ2) is 10.4. The first-order valence-electron chi connectivity index (χ1n) is 12.3. The van der Waals surface area contributed by atoms with Crippen molar-refractivity contribution < 1.29 is 27.9 Å². The third-order valence-electron chi connectivity index (χ3n) is 6.50. The predicted octanol–water partition coefficient (Wildman–Crippen LogP) is 6.74. The third kappa shape index (κ3) is 5.05. The van der Waals surface area contributed by atoms with Crippen LogP contribution in [0.1, 0.15) is 54.8 Å². The Bertz CT molecular complexity index is 1870. The van der Waals surface area contributed by atoms with Gasteiger partial charge < -0.3 is 15.0 Å². The van der Waals surface area contributed by atoms with Crippen molar-refractivity contribution in [3.63, 3.8) is 0 Å². The Balaban J connectivity index is 1.19. The van der Waals surface area contributed by atoms with Crippen molar-refractivity contribution in [2.75, 3.05) is 5.32 Å². The Labute approximate surface area is 240 Å². The van der Waals surface area contributed by atoms with Gasteiger partial charge in [0, 0.05) is 6.07 Å². The van der Waals surface area contributed by atoms with Gasteiger partial charge in [0.15, 0.2) is 11.9 Å². The number of carbonyl (C=O) groups is 3. The van der Waals surface area contributed by atoms with E-state index in [2.05, 4.69) is 15.3 Å². The molecule has 0 saturated heterocycles. The van der Waals surface area contributed by atoms with Crippen LogP contribution in [-0.4, -0.2) is 32.6 Å². The van der Waals surface area contributed by atoms with Crippen molar-refractivity contribution in [2.45, 2.75) is 19.6 Å². The van der Waals surface area contributed by atoms with E-state index in [0.29, 0.717) is 26.4 Å². The number of aromatic amines is 1. The van der Waals surface area contributed by atoms with Gasteiger partial charge >= 0.3 is 0 Å². The number of fused-ring (bicyclic) bond motifs is 2. The maximum Gasteiger partial charge on any atom is 0.265 e. The van der Waals surface area contributed by atoms with Gasteiger partial charge in [-0.1, -0.05) is 29.8 Å². The molecule has 3 heterocycles. The lowest BCUT2D eigenvalue weighted by Crippen LogP contribution is -2.29. The Morgan fingerprint density at radius 3 is 2.68 bits per heavy atom. The van der Waals surface area contributed by atoms with E-state index >= 15 is 0 Å². The quantitative estimate of drug-likeness (QED) is 0.204. The zero-order valence-corrected chi connectivity index (χ0v) is 22.8. The van der Waals surface area contributed by atoms with Crippen LogP contribution in [-0.2, 0) is 6.54 Å². The van der Waals surface area contributed by atoms with Crippen molar-refractivity contribution in [3.8, 4) is 5.75 Å². The van der Waals surface area contributed by atoms with Crippen LogP contribution in [0, 0.1) is 11.6 Å². The summed E-state index contributed by atoms with van der Waals surface area (Å²) in [5.41, 5.74) is 1.36. The van der Waals surface area contributed by atoms with Gasteiger partial charge in [-0.25, -0.2) is 13.8 Å². The number of amides is 3. The number of H-pyrrole nitrogens is 1. The lowest BCUT2D eigenvalue weighted by molar-refractivity contribution is 0.0642. The Hall–Kier alpha value is -4.61. The molecule has 41 heavy (non-hydrogen) atoms. The number of nitrogens with one attached hydrogen (secondary N) is 2. The number of thiophene rings is 1. The molecule has 1 atom stereocenters. The summed E-state index contributed by atoms with van der Waals surface area (Å²) in [6.07, 6.45) is -0.649. The zero-order valence-electron chi connectivity index (χ0n) is 21.2. The van der Waals surface area contributed by atoms with Gasteiger partial charge in [0.2, 0.25) is 0 Å². The van der Waals surface area contributed by atoms with E-state index in [9.17, 15) is 23.2 Å². The van der Waals surface area contributed by atoms with Crippen LogP contribution in [0.2, 0.25) is 4.34 Å². The molecule has 0 saturated carbocycles. The number of benzene rings is 3. The maximum atomic E-state index is 14.1. The molecule has 0 spiro atoms. The predicted molar refractivity (Wildman–Crippen MR) is 149 cm³/mol. The first kappa shape index (κ1) is 26.6. The van der Waals surface area contributed by atoms with Crippen LogP contribution in [0.4, 0.5) is 14.5 Å². The number of halogens is 3. The van der Waals surface area contributed by atoms with Crippen LogP contribution in [0.3, 0.4) is 0 Å². The highest BCUT2D eigenvalue weighted by Crippen LogP contribution is 2.32. The minimum absolute atomic E-state index is 0.00553. The third-order valence-corrected chi connectivity index (χ3v) is 7.73. The molecule has 3 aromatic carbocycles. The lowest BCUT2D eigenvalue weighted by atomic mass is 10.1. The van der Waals surface area contributed by atoms with Gasteiger partial charge in [0.25, 0.3) is 17.7 Å². The molecular formula is C29H19ClF2N4O4S. The molecule has 206 valence electrons. The molecular weight excluding hydrogens is 574 g/mol. The number of imidazole rings is 1. The second-order valence-corrected chi connectivity index (χ2v) is 11.0. The van der Waals surface area contributed by atoms with Gasteiger partial charge in [-0.05, 0) is 55.0 Å². The molecule has 1 unspecified atom stereocenters. The van der Waals surface area contributed by atoms with E-state index < -0.39 is 35.5 Å². The van der Waals surface area contributed by atoms with Crippen molar-refractivity contribution in [2.24, 2.45) is 0 Å². The van der Waals surface area contributed by atoms with E-state index in [1.54, 1.807) is 55.5 Å². The molecule has 5 aromatic rings. The Morgan fingerprint density at radius 2 is 1.90 bits per heavy atom. The number of ether oxygens (including phenoxy) is 1. The number of nitrogens with zero attached hydrogens (tertiary/aromatic N) is 2. The number of aromatic nitrogens is 2. The molecule has 8 nitrogen and oxygen atoms in total. The molecule has 1 aliphatic heterocycles. The molecule has 1 aliphatic rings. The molecule has 0 aliphatic carbocycles. The van der Waals surface area contributed by atoms with E-state index in [1.165, 1.54) is 6.07 Å². The summed E-state index contributed by atoms with van der Waals surface area (Å²) in [6, 6.07) is 16.6. The Morgan fingerprint density at radius 1 is 1.10 bits per heavy atom. The first-order chi connectivity index (χ1) is 19.7. The zero-order chi connectivity index (χ0) is 28.8. The fourth-order valence-electron chi connectivity index (χ4n) is 4.62. The average Bonchev–Trinajstić information content (AvgIpc) is 3.63. The smallest absolute Gasteiger partial charge is 0.265 e. The first-order valence-corrected chi connectivity index (χ1v) is 13.5. The van der Waals surface area contributed by atoms with Crippen molar-refractivity contribution >= 4 is 57.4 Å². The molecule has 0 radical (unpaired) electrons. The highest BCUT2D eigenvalue weighted by molar-refractivity contribution is 7.18. The summed E-state index contributed by atoms with van der Waals surface area (Å²) in [6.45, 7) is 1.66. The van der Waals surface area contributed by atoms with Crippen molar-refractivity contribution in [1.29, 1.82) is 0 Å². The molecule has 2 aromatic heterocycles. The largest absolute Gasteiger partial charge is 0.483 e. The average molecular weight is 593 g/mol. The monoisotopic (exact) mass is 592 g/mol. The summed E-state index contributed by atoms with van der Waals surface area (Å²) < 4.78 is 34.1. The van der Waals surface area contributed by atoms with Gasteiger partial charge in [-0.2, -0.15) is 0 Å². The van der Waals surface area contributed by atoms with Crippen molar-refractivity contribution in [1.82, 2.24) is 14.9 Å². The van der Waals surface area contributed by atoms with Crippen molar-refractivity contribution in [3.05, 3.63) is 110 Å². The number of hydrogen-bond donors (Lipinski definition) is 2. The van der Waals surface area contributed by atoms with Crippen LogP contribution in [0.15, 0.2) is 66.7 Å². The van der Waals surface area contributed by atoms with E-state index in [4.69, 9.17) is 16.3 Å². The fraction of sp³-hybridized carbons (Fsp3) is 0.103. The van der Waals surface area contributed by atoms with Crippen LogP contribution in [0.5, 0.6) is 5.75 Å². The summed E-state index contributed by atoms with van der Waals surface area (Å²) in [5, 5.41) is 2.71. The summed E-state index contributed by atoms with van der Waals surface area (Å²) in [7, 11) is 0. The standard InChI is InChI=1S/C29H19ClF2N4O4S/c1-14(26-33-21-12-16(31)11-19(32)25(21)35-26)40-17-5-2-4-15(10-17)13-36-28(38)18-6-3-7-20(24(18)29(36)39)34-27(37)22-8-9-23(30)41-22/h2-12,14H,13H2,1H3,(H,33,35)(H,34,37). The van der Waals surface area contributed by atoms with Gasteiger partial charge in [-0.3, -0.25) is 19.3 Å². The highest BCUT2D eigenvalue weighted by Gasteiger charge is 2.38. The number of hydrogen-bond acceptors (Lipinski definition) is 6. The summed E-state index contributed by atoms with van der Waals surface area (Å²) >= 11 is 7.03. The molecule has 0 fully saturated rings. The molecule has 6 rings (SSSR count). The van der Waals surface area contributed by atoms with Gasteiger partial charge in [0.05, 0.1) is 38.1 Å². The molecule has 2 N–H and O–H groups in total. The number of rotatable bonds is 7. The lowest BCUT2D eigenvalue weighted by Gasteiger charge is -2.16. The Kier molecular flexibility index (Phi) is 6.76. The summed E-state index contributed by atoms with van der Waals surface area (Å²) in [4.78, 5) is 47.8. The SMILES string of the molecule is CC(Oc1cccc(CN2C(=O)c3cccc(NC(=O)c4ccc(Cl)s4)c3C2=O)c1)c1nc2c(F)cc(F)cc2[nH]1. The number of anilines is 1. The number of imide groups is 1. The van der Waals surface area contributed by atoms with Gasteiger partial charge in [-0.15, -0.1) is 11.3 Å². The van der Waals surface area contributed by atoms with E-state index in [1.807, 2.05) is 0 Å². The molecule has 12 heteroatoms. The van der Waals surface area contributed by atoms with Crippen LogP contribution >= 0.6 is 22.9 Å². The minimum Gasteiger partial charge on any atom is -0.483 e. The molecule has 3 amide bonds. The van der Waals surface area contributed by atoms with Crippen LogP contribution < -0.4 is 10.1 Å². The van der Waals surface area contributed by atoms with Crippen LogP contribution in [0.25, 0.3) is 11.0 Å². The fourth-order valence-corrected chi connectivity index (χ4v) is 5.55. The molecule has 0 bridgehead atoms. The normalized spacial score (nSPS) is 13.5. The summed E-state index contributed by atoms with van der Waals surface area (Å²) in [5.74, 6) is -2.25. The van der Waals surface area contributed by atoms with E-state index in [-0.39, 0.29) is 34.4 Å². The van der Waals surface area contributed by atoms with Gasteiger partial charge in [0.1, 0.15) is 22.9 Å². The maximum absolute atomic E-state index is 14.1. The second-order valence-electron chi connectivity index (χ2n) is 9.30. The highest BCUT2D eigenvalue weighted by atomic mass is 35.5. The number of carbonyl (C=O) groups excluding carboxylic acids is 3. The minimum atomic E-state index is -0.781. The topological polar surface area (TPSA) is 104 Å².